The van der Waals surface area contributed by atoms with Gasteiger partial charge in [0.1, 0.15) is 0 Å². The molecule has 0 fully saturated rings. The fraction of sp³-hybridized carbons (Fsp3) is 0.462. The van der Waals surface area contributed by atoms with E-state index in [1.807, 2.05) is 13.8 Å². The molecule has 1 heterocycles. The second-order valence-corrected chi connectivity index (χ2v) is 4.78. The van der Waals surface area contributed by atoms with Crippen LogP contribution in [0.1, 0.15) is 29.9 Å². The molecule has 0 saturated heterocycles. The normalized spacial score (nSPS) is 10.3. The molecule has 4 N–H and O–H groups in total. The quantitative estimate of drug-likeness (QED) is 0.720. The summed E-state index contributed by atoms with van der Waals surface area (Å²) < 4.78 is 0. The van der Waals surface area contributed by atoms with Crippen LogP contribution in [0.4, 0.5) is 5.69 Å². The molecule has 1 aromatic heterocycles. The molecule has 0 aliphatic rings. The fourth-order valence-corrected chi connectivity index (χ4v) is 1.42. The number of nitrogens with zero attached hydrogens (tertiary/aromatic N) is 1. The Hall–Kier alpha value is -2.11. The van der Waals surface area contributed by atoms with Crippen LogP contribution >= 0.6 is 0 Å². The molecule has 0 bridgehead atoms. The van der Waals surface area contributed by atoms with Crippen molar-refractivity contribution < 1.29 is 9.59 Å². The van der Waals surface area contributed by atoms with Gasteiger partial charge in [-0.1, -0.05) is 13.8 Å². The van der Waals surface area contributed by atoms with Crippen LogP contribution in [-0.4, -0.2) is 29.9 Å². The number of aryl methyl sites for hydroxylation is 1. The van der Waals surface area contributed by atoms with Crippen LogP contribution in [0.15, 0.2) is 12.3 Å². The zero-order chi connectivity index (χ0) is 14.4. The average molecular weight is 264 g/mol. The standard InChI is InChI=1S/C13H20N4O2/c1-8(2)5-16-12(18)7-17-13(19)11-4-10(14)6-15-9(11)3/h4,6,8H,5,7,14H2,1-3H3,(H,16,18)(H,17,19). The number of hydrogen-bond donors (Lipinski definition) is 3. The lowest BCUT2D eigenvalue weighted by Crippen LogP contribution is -2.38. The van der Waals surface area contributed by atoms with Gasteiger partial charge in [-0.2, -0.15) is 0 Å². The molecule has 0 saturated carbocycles. The molecule has 1 rings (SSSR count). The van der Waals surface area contributed by atoms with E-state index in [1.54, 1.807) is 13.0 Å². The lowest BCUT2D eigenvalue weighted by molar-refractivity contribution is -0.120. The van der Waals surface area contributed by atoms with E-state index >= 15 is 0 Å². The summed E-state index contributed by atoms with van der Waals surface area (Å²) in [5.74, 6) is -0.187. The van der Waals surface area contributed by atoms with Crippen LogP contribution in [0.5, 0.6) is 0 Å². The highest BCUT2D eigenvalue weighted by molar-refractivity contribution is 5.97. The van der Waals surface area contributed by atoms with Gasteiger partial charge >= 0.3 is 0 Å². The third-order valence-electron chi connectivity index (χ3n) is 2.47. The summed E-state index contributed by atoms with van der Waals surface area (Å²) in [5, 5.41) is 5.26. The number of aromatic nitrogens is 1. The lowest BCUT2D eigenvalue weighted by atomic mass is 10.2. The Morgan fingerprint density at radius 1 is 1.37 bits per heavy atom. The van der Waals surface area contributed by atoms with Crippen molar-refractivity contribution in [3.8, 4) is 0 Å². The maximum Gasteiger partial charge on any atom is 0.253 e. The molecule has 0 atom stereocenters. The number of rotatable bonds is 5. The summed E-state index contributed by atoms with van der Waals surface area (Å²) in [4.78, 5) is 27.3. The van der Waals surface area contributed by atoms with E-state index in [0.29, 0.717) is 29.4 Å². The summed E-state index contributed by atoms with van der Waals surface area (Å²) in [6.07, 6.45) is 1.49. The largest absolute Gasteiger partial charge is 0.397 e. The Labute approximate surface area is 112 Å². The monoisotopic (exact) mass is 264 g/mol. The van der Waals surface area contributed by atoms with Gasteiger partial charge in [0.15, 0.2) is 0 Å². The van der Waals surface area contributed by atoms with Crippen molar-refractivity contribution in [1.29, 1.82) is 0 Å². The second-order valence-electron chi connectivity index (χ2n) is 4.78. The number of nitrogen functional groups attached to an aromatic ring is 1. The number of hydrogen-bond acceptors (Lipinski definition) is 4. The molecule has 2 amide bonds. The average Bonchev–Trinajstić information content (AvgIpc) is 2.36. The highest BCUT2D eigenvalue weighted by Crippen LogP contribution is 2.08. The van der Waals surface area contributed by atoms with Crippen molar-refractivity contribution >= 4 is 17.5 Å². The molecule has 0 radical (unpaired) electrons. The molecule has 1 aromatic rings. The predicted octanol–water partition coefficient (Wildman–Crippen LogP) is 0.474. The summed E-state index contributed by atoms with van der Waals surface area (Å²) in [6, 6.07) is 1.55. The van der Waals surface area contributed by atoms with Crippen LogP contribution in [0.3, 0.4) is 0 Å². The molecule has 19 heavy (non-hydrogen) atoms. The zero-order valence-electron chi connectivity index (χ0n) is 11.5. The van der Waals surface area contributed by atoms with E-state index in [2.05, 4.69) is 15.6 Å². The summed E-state index contributed by atoms with van der Waals surface area (Å²) in [5.41, 5.74) is 6.96. The molecular weight excluding hydrogens is 244 g/mol. The van der Waals surface area contributed by atoms with Gasteiger partial charge in [0.2, 0.25) is 5.91 Å². The first kappa shape index (κ1) is 14.9. The van der Waals surface area contributed by atoms with Crippen LogP contribution in [-0.2, 0) is 4.79 Å². The van der Waals surface area contributed by atoms with Crippen molar-refractivity contribution in [3.05, 3.63) is 23.5 Å². The topological polar surface area (TPSA) is 97.1 Å². The summed E-state index contributed by atoms with van der Waals surface area (Å²) in [7, 11) is 0. The molecule has 0 spiro atoms. The van der Waals surface area contributed by atoms with Gasteiger partial charge in [-0.25, -0.2) is 0 Å². The maximum absolute atomic E-state index is 11.9. The van der Waals surface area contributed by atoms with Gasteiger partial charge in [-0.3, -0.25) is 14.6 Å². The van der Waals surface area contributed by atoms with Crippen molar-refractivity contribution in [2.24, 2.45) is 5.92 Å². The van der Waals surface area contributed by atoms with Gasteiger partial charge in [-0.05, 0) is 18.9 Å². The SMILES string of the molecule is Cc1ncc(N)cc1C(=O)NCC(=O)NCC(C)C. The Morgan fingerprint density at radius 2 is 2.05 bits per heavy atom. The number of carbonyl (C=O) groups excluding carboxylic acids is 2. The van der Waals surface area contributed by atoms with Crippen LogP contribution in [0, 0.1) is 12.8 Å². The highest BCUT2D eigenvalue weighted by atomic mass is 16.2. The maximum atomic E-state index is 11.9. The molecule has 0 aromatic carbocycles. The number of pyridine rings is 1. The number of amides is 2. The van der Waals surface area contributed by atoms with E-state index in [1.165, 1.54) is 6.20 Å². The number of carbonyl (C=O) groups is 2. The van der Waals surface area contributed by atoms with Crippen molar-refractivity contribution in [2.45, 2.75) is 20.8 Å². The minimum absolute atomic E-state index is 0.0558. The van der Waals surface area contributed by atoms with E-state index in [0.717, 1.165) is 0 Å². The lowest BCUT2D eigenvalue weighted by Gasteiger charge is -2.09. The van der Waals surface area contributed by atoms with E-state index in [-0.39, 0.29) is 18.4 Å². The summed E-state index contributed by atoms with van der Waals surface area (Å²) in [6.45, 7) is 6.25. The van der Waals surface area contributed by atoms with Crippen LogP contribution in [0.25, 0.3) is 0 Å². The fourth-order valence-electron chi connectivity index (χ4n) is 1.42. The third kappa shape index (κ3) is 4.95. The minimum Gasteiger partial charge on any atom is -0.397 e. The van der Waals surface area contributed by atoms with Crippen LogP contribution in [0.2, 0.25) is 0 Å². The van der Waals surface area contributed by atoms with Crippen molar-refractivity contribution in [1.82, 2.24) is 15.6 Å². The number of anilines is 1. The summed E-state index contributed by atoms with van der Waals surface area (Å²) >= 11 is 0. The van der Waals surface area contributed by atoms with Gasteiger partial charge in [0, 0.05) is 6.54 Å². The van der Waals surface area contributed by atoms with E-state index < -0.39 is 0 Å². The smallest absolute Gasteiger partial charge is 0.253 e. The van der Waals surface area contributed by atoms with Crippen LogP contribution < -0.4 is 16.4 Å². The molecule has 0 aliphatic heterocycles. The van der Waals surface area contributed by atoms with Gasteiger partial charge in [0.25, 0.3) is 5.91 Å². The Morgan fingerprint density at radius 3 is 2.68 bits per heavy atom. The first-order valence-electron chi connectivity index (χ1n) is 6.17. The Balaban J connectivity index is 2.51. The first-order chi connectivity index (χ1) is 8.90. The second kappa shape index (κ2) is 6.72. The third-order valence-corrected chi connectivity index (χ3v) is 2.47. The van der Waals surface area contributed by atoms with E-state index in [9.17, 15) is 9.59 Å². The van der Waals surface area contributed by atoms with Crippen molar-refractivity contribution in [2.75, 3.05) is 18.8 Å². The van der Waals surface area contributed by atoms with Gasteiger partial charge < -0.3 is 16.4 Å². The number of nitrogens with two attached hydrogens (primary N) is 1. The first-order valence-corrected chi connectivity index (χ1v) is 6.17. The number of nitrogens with one attached hydrogen (secondary N) is 2. The minimum atomic E-state index is -0.350. The van der Waals surface area contributed by atoms with Gasteiger partial charge in [-0.15, -0.1) is 0 Å². The molecule has 6 nitrogen and oxygen atoms in total. The highest BCUT2D eigenvalue weighted by Gasteiger charge is 2.11. The molecular formula is C13H20N4O2. The van der Waals surface area contributed by atoms with E-state index in [4.69, 9.17) is 5.73 Å². The Bertz CT molecular complexity index is 472. The Kier molecular flexibility index (Phi) is 5.29. The molecule has 0 unspecified atom stereocenters. The predicted molar refractivity (Wildman–Crippen MR) is 73.6 cm³/mol. The van der Waals surface area contributed by atoms with Gasteiger partial charge in [0.05, 0.1) is 29.7 Å². The zero-order valence-corrected chi connectivity index (χ0v) is 11.5. The molecule has 104 valence electrons. The molecule has 6 heteroatoms. The molecule has 0 aliphatic carbocycles. The van der Waals surface area contributed by atoms with Crippen molar-refractivity contribution in [3.63, 3.8) is 0 Å².